The number of aliphatic hydroxyl groups is 1. The van der Waals surface area contributed by atoms with Crippen LogP contribution < -0.4 is 10.6 Å². The van der Waals surface area contributed by atoms with Gasteiger partial charge < -0.3 is 58.9 Å². The highest BCUT2D eigenvalue weighted by atomic mass is 16.6. The Bertz CT molecular complexity index is 1750. The van der Waals surface area contributed by atoms with Crippen molar-refractivity contribution in [1.29, 1.82) is 0 Å². The van der Waals surface area contributed by atoms with Gasteiger partial charge >= 0.3 is 0 Å². The molecule has 20 heteroatoms. The number of benzene rings is 1. The SMILES string of the molecule is CC[C@H](C)[C@@H]([C@@H](CC(=O)N1CCC[C@H]1[C@H](OC)[C@@H](C)C(=O)N[C@H](C)[C@@H](O)c1ccccc1)OC)N(C)C(=O)[C@@H](NC(=O)[C@H](C(C)C)N(C)C(=O)CCOCCOCCOCCOCCN=[N+]=[N-])C(C)C. The van der Waals surface area contributed by atoms with Gasteiger partial charge in [0.25, 0.3) is 0 Å². The summed E-state index contributed by atoms with van der Waals surface area (Å²) >= 11 is 0. The maximum absolute atomic E-state index is 14.6. The number of hydrogen-bond acceptors (Lipinski definition) is 13. The molecule has 398 valence electrons. The van der Waals surface area contributed by atoms with Crippen LogP contribution in [-0.2, 0) is 52.4 Å². The first kappa shape index (κ1) is 61.7. The molecule has 0 spiro atoms. The molecule has 2 rings (SSSR count). The van der Waals surface area contributed by atoms with Crippen LogP contribution in [0.15, 0.2) is 35.4 Å². The normalized spacial score (nSPS) is 17.6. The molecule has 1 fully saturated rings. The lowest BCUT2D eigenvalue weighted by molar-refractivity contribution is -0.148. The molecule has 20 nitrogen and oxygen atoms in total. The van der Waals surface area contributed by atoms with Crippen LogP contribution in [0.4, 0.5) is 0 Å². The van der Waals surface area contributed by atoms with Crippen molar-refractivity contribution in [2.45, 2.75) is 136 Å². The van der Waals surface area contributed by atoms with Crippen molar-refractivity contribution in [1.82, 2.24) is 25.3 Å². The van der Waals surface area contributed by atoms with Crippen LogP contribution in [-0.4, -0.2) is 186 Å². The molecule has 0 unspecified atom stereocenters. The van der Waals surface area contributed by atoms with E-state index in [2.05, 4.69) is 20.7 Å². The highest BCUT2D eigenvalue weighted by molar-refractivity contribution is 5.92. The zero-order valence-corrected chi connectivity index (χ0v) is 44.0. The number of carbonyl (C=O) groups excluding carboxylic acids is 5. The predicted molar refractivity (Wildman–Crippen MR) is 265 cm³/mol. The summed E-state index contributed by atoms with van der Waals surface area (Å²) in [6.45, 7) is 18.2. The smallest absolute Gasteiger partial charge is 0.245 e. The van der Waals surface area contributed by atoms with Crippen molar-refractivity contribution in [2.75, 3.05) is 94.3 Å². The van der Waals surface area contributed by atoms with E-state index in [1.54, 1.807) is 49.9 Å². The highest BCUT2D eigenvalue weighted by Crippen LogP contribution is 2.30. The third-order valence-electron chi connectivity index (χ3n) is 13.2. The van der Waals surface area contributed by atoms with Gasteiger partial charge in [-0.3, -0.25) is 24.0 Å². The van der Waals surface area contributed by atoms with Crippen molar-refractivity contribution in [2.24, 2.45) is 28.8 Å². The van der Waals surface area contributed by atoms with Gasteiger partial charge in [0, 0.05) is 46.3 Å². The van der Waals surface area contributed by atoms with E-state index in [0.29, 0.717) is 64.6 Å². The Hall–Kier alpha value is -4.40. The van der Waals surface area contributed by atoms with E-state index in [-0.39, 0.29) is 74.0 Å². The minimum absolute atomic E-state index is 0.0379. The third kappa shape index (κ3) is 19.7. The Morgan fingerprint density at radius 3 is 1.93 bits per heavy atom. The zero-order valence-electron chi connectivity index (χ0n) is 44.0. The van der Waals surface area contributed by atoms with Gasteiger partial charge in [0.1, 0.15) is 12.1 Å². The average Bonchev–Trinajstić information content (AvgIpc) is 3.83. The number of hydrogen-bond donors (Lipinski definition) is 3. The lowest BCUT2D eigenvalue weighted by Gasteiger charge is -2.41. The number of amides is 5. The first-order chi connectivity index (χ1) is 33.4. The van der Waals surface area contributed by atoms with E-state index in [9.17, 15) is 29.1 Å². The maximum atomic E-state index is 14.6. The first-order valence-corrected chi connectivity index (χ1v) is 24.9. The third-order valence-corrected chi connectivity index (χ3v) is 13.2. The molecule has 1 aromatic carbocycles. The number of methoxy groups -OCH3 is 2. The largest absolute Gasteiger partial charge is 0.386 e. The average molecular weight is 991 g/mol. The maximum Gasteiger partial charge on any atom is 0.245 e. The van der Waals surface area contributed by atoms with E-state index in [0.717, 1.165) is 6.42 Å². The number of likely N-dealkylation sites (tertiary alicyclic amines) is 1. The summed E-state index contributed by atoms with van der Waals surface area (Å²) < 4.78 is 33.8. The Balaban J connectivity index is 2.06. The van der Waals surface area contributed by atoms with E-state index < -0.39 is 60.3 Å². The number of azide groups is 1. The van der Waals surface area contributed by atoms with Crippen LogP contribution in [0, 0.1) is 23.7 Å². The summed E-state index contributed by atoms with van der Waals surface area (Å²) in [5.74, 6) is -2.95. The van der Waals surface area contributed by atoms with Crippen LogP contribution in [0.1, 0.15) is 99.2 Å². The molecule has 1 aliphatic heterocycles. The van der Waals surface area contributed by atoms with Crippen molar-refractivity contribution in [3.63, 3.8) is 0 Å². The molecular weight excluding hydrogens is 905 g/mol. The molecule has 10 atom stereocenters. The molecule has 5 amide bonds. The van der Waals surface area contributed by atoms with Crippen LogP contribution in [0.2, 0.25) is 0 Å². The van der Waals surface area contributed by atoms with Crippen LogP contribution in [0.5, 0.6) is 0 Å². The second kappa shape index (κ2) is 33.3. The molecule has 70 heavy (non-hydrogen) atoms. The molecule has 1 aliphatic rings. The Kier molecular flexibility index (Phi) is 29.3. The number of nitrogens with zero attached hydrogens (tertiary/aromatic N) is 6. The fourth-order valence-electron chi connectivity index (χ4n) is 8.98. The van der Waals surface area contributed by atoms with Gasteiger partial charge in [0.15, 0.2) is 0 Å². The Labute approximate surface area is 416 Å². The Morgan fingerprint density at radius 2 is 1.40 bits per heavy atom. The monoisotopic (exact) mass is 991 g/mol. The van der Waals surface area contributed by atoms with Crippen LogP contribution >= 0.6 is 0 Å². The molecular formula is C50H86N8O12. The second-order valence-corrected chi connectivity index (χ2v) is 18.8. The molecule has 0 saturated carbocycles. The number of carbonyl (C=O) groups is 5. The molecule has 3 N–H and O–H groups in total. The summed E-state index contributed by atoms with van der Waals surface area (Å²) in [4.78, 5) is 77.4. The molecule has 1 aromatic rings. The molecule has 1 heterocycles. The Morgan fingerprint density at radius 1 is 0.814 bits per heavy atom. The van der Waals surface area contributed by atoms with E-state index in [1.807, 2.05) is 59.7 Å². The van der Waals surface area contributed by atoms with Crippen LogP contribution in [0.25, 0.3) is 10.4 Å². The van der Waals surface area contributed by atoms with Crippen LogP contribution in [0.3, 0.4) is 0 Å². The molecule has 1 saturated heterocycles. The fourth-order valence-corrected chi connectivity index (χ4v) is 8.98. The number of aliphatic hydroxyl groups excluding tert-OH is 1. The summed E-state index contributed by atoms with van der Waals surface area (Å²) in [5, 5.41) is 20.2. The van der Waals surface area contributed by atoms with Gasteiger partial charge in [0.05, 0.1) is 108 Å². The zero-order chi connectivity index (χ0) is 52.3. The van der Waals surface area contributed by atoms with Gasteiger partial charge in [-0.15, -0.1) is 0 Å². The van der Waals surface area contributed by atoms with Gasteiger partial charge in [0.2, 0.25) is 29.5 Å². The second-order valence-electron chi connectivity index (χ2n) is 18.8. The number of likely N-dealkylation sites (N-methyl/N-ethyl adjacent to an activating group) is 2. The summed E-state index contributed by atoms with van der Waals surface area (Å²) in [5.41, 5.74) is 8.95. The van der Waals surface area contributed by atoms with E-state index in [4.69, 9.17) is 34.0 Å². The molecule has 0 radical (unpaired) electrons. The first-order valence-electron chi connectivity index (χ1n) is 24.9. The molecule has 0 aromatic heterocycles. The highest BCUT2D eigenvalue weighted by Gasteiger charge is 2.43. The van der Waals surface area contributed by atoms with Gasteiger partial charge in [-0.2, -0.15) is 0 Å². The van der Waals surface area contributed by atoms with Crippen molar-refractivity contribution >= 4 is 29.5 Å². The molecule has 0 aliphatic carbocycles. The van der Waals surface area contributed by atoms with Crippen molar-refractivity contribution in [3.05, 3.63) is 46.3 Å². The van der Waals surface area contributed by atoms with Crippen molar-refractivity contribution in [3.8, 4) is 0 Å². The van der Waals surface area contributed by atoms with Crippen molar-refractivity contribution < 1.29 is 57.5 Å². The topological polar surface area (TPSA) is 243 Å². The lowest BCUT2D eigenvalue weighted by Crippen LogP contribution is -2.60. The van der Waals surface area contributed by atoms with E-state index in [1.165, 1.54) is 19.1 Å². The summed E-state index contributed by atoms with van der Waals surface area (Å²) in [7, 11) is 6.32. The standard InChI is InChI=1S/C50H86N8O12/c1-13-35(6)45(40(65-11)32-42(60)58-23-17-20-39(58)47(66-12)36(7)48(62)53-37(8)46(61)38-18-15-14-16-19-38)57(10)50(64)43(33(2)3)54-49(63)44(34(4)5)56(9)41(59)21-24-67-26-28-69-30-31-70-29-27-68-25-22-52-55-51/h14-16,18-19,33-37,39-40,43-47,61H,13,17,20-32H2,1-12H3,(H,53,62)(H,54,63)/t35-,36+,37+,39-,40+,43-,44-,45-,46+,47+/m0/s1. The quantitative estimate of drug-likeness (QED) is 0.0368. The fraction of sp³-hybridized carbons (Fsp3) is 0.780. The number of ether oxygens (including phenoxy) is 6. The number of nitrogens with one attached hydrogen (secondary N) is 2. The molecule has 0 bridgehead atoms. The predicted octanol–water partition coefficient (Wildman–Crippen LogP) is 4.54. The van der Waals surface area contributed by atoms with E-state index >= 15 is 0 Å². The minimum Gasteiger partial charge on any atom is -0.386 e. The van der Waals surface area contributed by atoms with Gasteiger partial charge in [-0.05, 0) is 48.6 Å². The van der Waals surface area contributed by atoms with Gasteiger partial charge in [-0.1, -0.05) is 90.3 Å². The lowest BCUT2D eigenvalue weighted by atomic mass is 9.89. The summed E-state index contributed by atoms with van der Waals surface area (Å²) in [6.07, 6.45) is -0.222. The van der Waals surface area contributed by atoms with Gasteiger partial charge in [-0.25, -0.2) is 0 Å². The minimum atomic E-state index is -0.950. The summed E-state index contributed by atoms with van der Waals surface area (Å²) in [6, 6.07) is 5.79. The number of rotatable bonds is 35.